The highest BCUT2D eigenvalue weighted by Crippen LogP contribution is 2.34. The van der Waals surface area contributed by atoms with E-state index in [-0.39, 0.29) is 15.7 Å². The first-order chi connectivity index (χ1) is 8.73. The van der Waals surface area contributed by atoms with Gasteiger partial charge in [0.25, 0.3) is 0 Å². The number of halogens is 3. The number of amides is 1. The van der Waals surface area contributed by atoms with Crippen LogP contribution in [0.3, 0.4) is 0 Å². The zero-order chi connectivity index (χ0) is 14.7. The molecule has 1 aromatic rings. The predicted octanol–water partition coefficient (Wildman–Crippen LogP) is 4.05. The molecule has 104 valence electrons. The molecule has 0 radical (unpaired) electrons. The summed E-state index contributed by atoms with van der Waals surface area (Å²) in [7, 11) is 0. The molecule has 2 N–H and O–H groups in total. The van der Waals surface area contributed by atoms with Crippen molar-refractivity contribution in [3.05, 3.63) is 26.7 Å². The van der Waals surface area contributed by atoms with Crippen molar-refractivity contribution in [3.63, 3.8) is 0 Å². The first-order valence-corrected chi connectivity index (χ1v) is 6.97. The molecule has 19 heavy (non-hydrogen) atoms. The van der Waals surface area contributed by atoms with Crippen molar-refractivity contribution in [1.82, 2.24) is 0 Å². The molecule has 7 heteroatoms. The van der Waals surface area contributed by atoms with Gasteiger partial charge in [-0.3, -0.25) is 9.59 Å². The minimum Gasteiger partial charge on any atom is -0.481 e. The van der Waals surface area contributed by atoms with Gasteiger partial charge in [0.05, 0.1) is 21.7 Å². The Balaban J connectivity index is 2.92. The predicted molar refractivity (Wildman–Crippen MR) is 78.8 cm³/mol. The van der Waals surface area contributed by atoms with Crippen LogP contribution in [-0.2, 0) is 9.59 Å². The van der Waals surface area contributed by atoms with Gasteiger partial charge in [0.15, 0.2) is 0 Å². The summed E-state index contributed by atoms with van der Waals surface area (Å²) in [5.41, 5.74) is 0.279. The van der Waals surface area contributed by atoms with Crippen LogP contribution >= 0.6 is 39.1 Å². The molecule has 0 saturated heterocycles. The summed E-state index contributed by atoms with van der Waals surface area (Å²) in [6, 6.07) is 3.18. The van der Waals surface area contributed by atoms with Crippen LogP contribution in [0.4, 0.5) is 5.69 Å². The second-order valence-corrected chi connectivity index (χ2v) is 5.88. The van der Waals surface area contributed by atoms with E-state index in [4.69, 9.17) is 28.3 Å². The first kappa shape index (κ1) is 16.3. The molecular weight excluding hydrogens is 357 g/mol. The minimum absolute atomic E-state index is 0.279. The molecule has 0 aliphatic rings. The van der Waals surface area contributed by atoms with Crippen LogP contribution in [-0.4, -0.2) is 17.0 Å². The first-order valence-electron chi connectivity index (χ1n) is 5.42. The van der Waals surface area contributed by atoms with E-state index in [1.165, 1.54) is 13.8 Å². The molecule has 2 atom stereocenters. The molecule has 0 spiro atoms. The SMILES string of the molecule is CC(C(=O)O)C(C)C(=O)Nc1c(Cl)cc(Br)cc1Cl. The fraction of sp³-hybridized carbons (Fsp3) is 0.333. The van der Waals surface area contributed by atoms with E-state index in [1.54, 1.807) is 12.1 Å². The molecule has 0 heterocycles. The van der Waals surface area contributed by atoms with E-state index >= 15 is 0 Å². The number of benzene rings is 1. The molecule has 2 unspecified atom stereocenters. The molecule has 1 aromatic carbocycles. The molecule has 0 aliphatic heterocycles. The maximum Gasteiger partial charge on any atom is 0.307 e. The molecule has 0 saturated carbocycles. The van der Waals surface area contributed by atoms with Crippen LogP contribution in [0.25, 0.3) is 0 Å². The smallest absolute Gasteiger partial charge is 0.307 e. The standard InChI is InChI=1S/C12H12BrCl2NO3/c1-5(6(2)12(18)19)11(17)16-10-8(14)3-7(13)4-9(10)15/h3-6H,1-2H3,(H,16,17)(H,18,19). The fourth-order valence-electron chi connectivity index (χ4n) is 1.34. The summed E-state index contributed by atoms with van der Waals surface area (Å²) in [4.78, 5) is 22.8. The second-order valence-electron chi connectivity index (χ2n) is 4.15. The topological polar surface area (TPSA) is 66.4 Å². The van der Waals surface area contributed by atoms with E-state index in [0.29, 0.717) is 4.47 Å². The Labute approximate surface area is 129 Å². The van der Waals surface area contributed by atoms with E-state index in [0.717, 1.165) is 0 Å². The Morgan fingerprint density at radius 2 is 1.68 bits per heavy atom. The van der Waals surface area contributed by atoms with E-state index in [1.807, 2.05) is 0 Å². The Kier molecular flexibility index (Phi) is 5.64. The number of carbonyl (C=O) groups is 2. The maximum atomic E-state index is 11.9. The van der Waals surface area contributed by atoms with Gasteiger partial charge in [-0.25, -0.2) is 0 Å². The number of aliphatic carboxylic acids is 1. The molecule has 0 bridgehead atoms. The third kappa shape index (κ3) is 4.09. The number of anilines is 1. The number of carboxylic acid groups (broad SMARTS) is 1. The number of nitrogens with one attached hydrogen (secondary N) is 1. The Hall–Kier alpha value is -0.780. The van der Waals surface area contributed by atoms with Gasteiger partial charge in [0.1, 0.15) is 0 Å². The van der Waals surface area contributed by atoms with Crippen molar-refractivity contribution >= 4 is 56.7 Å². The fourth-order valence-corrected chi connectivity index (χ4v) is 2.64. The van der Waals surface area contributed by atoms with Gasteiger partial charge in [-0.05, 0) is 12.1 Å². The lowest BCUT2D eigenvalue weighted by Crippen LogP contribution is -2.30. The second kappa shape index (κ2) is 6.59. The quantitative estimate of drug-likeness (QED) is 0.842. The van der Waals surface area contributed by atoms with Crippen LogP contribution in [0.2, 0.25) is 10.0 Å². The lowest BCUT2D eigenvalue weighted by molar-refractivity contribution is -0.145. The highest BCUT2D eigenvalue weighted by atomic mass is 79.9. The molecule has 0 aromatic heterocycles. The van der Waals surface area contributed by atoms with Crippen LogP contribution in [0.1, 0.15) is 13.8 Å². The third-order valence-electron chi connectivity index (χ3n) is 2.81. The molecule has 0 aliphatic carbocycles. The summed E-state index contributed by atoms with van der Waals surface area (Å²) in [5, 5.41) is 12.0. The lowest BCUT2D eigenvalue weighted by Gasteiger charge is -2.17. The van der Waals surface area contributed by atoms with Crippen molar-refractivity contribution < 1.29 is 14.7 Å². The van der Waals surface area contributed by atoms with Gasteiger partial charge in [-0.1, -0.05) is 53.0 Å². The van der Waals surface area contributed by atoms with Crippen molar-refractivity contribution in [3.8, 4) is 0 Å². The zero-order valence-corrected chi connectivity index (χ0v) is 13.3. The molecule has 1 rings (SSSR count). The van der Waals surface area contributed by atoms with Crippen molar-refractivity contribution in [1.29, 1.82) is 0 Å². The van der Waals surface area contributed by atoms with Crippen LogP contribution in [0.15, 0.2) is 16.6 Å². The highest BCUT2D eigenvalue weighted by Gasteiger charge is 2.26. The lowest BCUT2D eigenvalue weighted by atomic mass is 9.95. The van der Waals surface area contributed by atoms with Crippen LogP contribution in [0.5, 0.6) is 0 Å². The Morgan fingerprint density at radius 1 is 1.21 bits per heavy atom. The number of carbonyl (C=O) groups excluding carboxylic acids is 1. The van der Waals surface area contributed by atoms with Crippen LogP contribution in [0, 0.1) is 11.8 Å². The summed E-state index contributed by atoms with van der Waals surface area (Å²) in [5.74, 6) is -2.97. The normalized spacial score (nSPS) is 13.7. The largest absolute Gasteiger partial charge is 0.481 e. The van der Waals surface area contributed by atoms with E-state index in [2.05, 4.69) is 21.2 Å². The van der Waals surface area contributed by atoms with Gasteiger partial charge in [0.2, 0.25) is 5.91 Å². The highest BCUT2D eigenvalue weighted by molar-refractivity contribution is 9.10. The molecule has 1 amide bonds. The average molecular weight is 369 g/mol. The Bertz CT molecular complexity index is 499. The van der Waals surface area contributed by atoms with E-state index < -0.39 is 23.7 Å². The summed E-state index contributed by atoms with van der Waals surface area (Å²) >= 11 is 15.2. The number of rotatable bonds is 4. The maximum absolute atomic E-state index is 11.9. The van der Waals surface area contributed by atoms with Crippen LogP contribution < -0.4 is 5.32 Å². The molecule has 0 fully saturated rings. The average Bonchev–Trinajstić information content (AvgIpc) is 2.31. The van der Waals surface area contributed by atoms with Crippen molar-refractivity contribution in [2.75, 3.05) is 5.32 Å². The van der Waals surface area contributed by atoms with Gasteiger partial charge in [-0.15, -0.1) is 0 Å². The third-order valence-corrected chi connectivity index (χ3v) is 3.86. The summed E-state index contributed by atoms with van der Waals surface area (Å²) in [6.45, 7) is 3.01. The van der Waals surface area contributed by atoms with Crippen molar-refractivity contribution in [2.45, 2.75) is 13.8 Å². The van der Waals surface area contributed by atoms with Gasteiger partial charge in [-0.2, -0.15) is 0 Å². The number of hydrogen-bond donors (Lipinski definition) is 2. The monoisotopic (exact) mass is 367 g/mol. The molecule has 4 nitrogen and oxygen atoms in total. The van der Waals surface area contributed by atoms with Gasteiger partial charge in [0, 0.05) is 10.4 Å². The summed E-state index contributed by atoms with van der Waals surface area (Å²) in [6.07, 6.45) is 0. The summed E-state index contributed by atoms with van der Waals surface area (Å²) < 4.78 is 0.687. The number of hydrogen-bond acceptors (Lipinski definition) is 2. The Morgan fingerprint density at radius 3 is 2.11 bits per heavy atom. The minimum atomic E-state index is -1.03. The van der Waals surface area contributed by atoms with E-state index in [9.17, 15) is 9.59 Å². The number of carboxylic acids is 1. The molecular formula is C12H12BrCl2NO3. The van der Waals surface area contributed by atoms with Crippen molar-refractivity contribution in [2.24, 2.45) is 11.8 Å². The van der Waals surface area contributed by atoms with Gasteiger partial charge < -0.3 is 10.4 Å². The zero-order valence-electron chi connectivity index (χ0n) is 10.2. The van der Waals surface area contributed by atoms with Gasteiger partial charge >= 0.3 is 5.97 Å².